The van der Waals surface area contributed by atoms with Crippen LogP contribution in [0.15, 0.2) is 22.9 Å². The normalized spacial score (nSPS) is 10.3. The SMILES string of the molecule is O=C(O)c1sccc1OCCCOc1ccsc1C(=O)O. The molecule has 0 saturated carbocycles. The Morgan fingerprint density at radius 1 is 0.905 bits per heavy atom. The Morgan fingerprint density at radius 2 is 1.33 bits per heavy atom. The summed E-state index contributed by atoms with van der Waals surface area (Å²) in [5, 5.41) is 21.1. The molecule has 2 rings (SSSR count). The summed E-state index contributed by atoms with van der Waals surface area (Å²) in [5.74, 6) is -1.34. The molecule has 0 spiro atoms. The van der Waals surface area contributed by atoms with E-state index in [2.05, 4.69) is 0 Å². The van der Waals surface area contributed by atoms with Crippen LogP contribution in [-0.2, 0) is 0 Å². The zero-order valence-corrected chi connectivity index (χ0v) is 12.4. The molecule has 8 heteroatoms. The third kappa shape index (κ3) is 3.96. The molecule has 0 fully saturated rings. The van der Waals surface area contributed by atoms with Crippen LogP contribution in [0.2, 0.25) is 0 Å². The van der Waals surface area contributed by atoms with Crippen molar-refractivity contribution in [3.8, 4) is 11.5 Å². The summed E-state index contributed by atoms with van der Waals surface area (Å²) in [6.07, 6.45) is 0.518. The van der Waals surface area contributed by atoms with Gasteiger partial charge in [0.1, 0.15) is 11.5 Å². The number of thiophene rings is 2. The first-order chi connectivity index (χ1) is 10.1. The van der Waals surface area contributed by atoms with Gasteiger partial charge in [-0.05, 0) is 22.9 Å². The maximum absolute atomic E-state index is 10.9. The number of hydrogen-bond donors (Lipinski definition) is 2. The lowest BCUT2D eigenvalue weighted by atomic mass is 10.4. The molecule has 21 heavy (non-hydrogen) atoms. The lowest BCUT2D eigenvalue weighted by Crippen LogP contribution is -2.07. The minimum Gasteiger partial charge on any atom is -0.492 e. The van der Waals surface area contributed by atoms with E-state index in [0.29, 0.717) is 31.1 Å². The molecule has 0 aliphatic heterocycles. The summed E-state index contributed by atoms with van der Waals surface area (Å²) in [7, 11) is 0. The Hall–Kier alpha value is -2.06. The summed E-state index contributed by atoms with van der Waals surface area (Å²) in [6.45, 7) is 0.590. The average molecular weight is 328 g/mol. The van der Waals surface area contributed by atoms with E-state index in [1.807, 2.05) is 0 Å². The fourth-order valence-electron chi connectivity index (χ4n) is 1.56. The van der Waals surface area contributed by atoms with Crippen LogP contribution in [-0.4, -0.2) is 35.4 Å². The molecule has 6 nitrogen and oxygen atoms in total. The van der Waals surface area contributed by atoms with Gasteiger partial charge in [-0.15, -0.1) is 22.7 Å². The van der Waals surface area contributed by atoms with Crippen LogP contribution >= 0.6 is 22.7 Å². The molecule has 2 N–H and O–H groups in total. The third-order valence-electron chi connectivity index (χ3n) is 2.45. The van der Waals surface area contributed by atoms with Crippen molar-refractivity contribution in [2.45, 2.75) is 6.42 Å². The molecule has 0 aliphatic rings. The summed E-state index contributed by atoms with van der Waals surface area (Å²) >= 11 is 2.21. The number of hydrogen-bond acceptors (Lipinski definition) is 6. The van der Waals surface area contributed by atoms with Gasteiger partial charge >= 0.3 is 11.9 Å². The van der Waals surface area contributed by atoms with Gasteiger partial charge in [-0.1, -0.05) is 0 Å². The minimum atomic E-state index is -1.01. The molecule has 112 valence electrons. The summed E-state index contributed by atoms with van der Waals surface area (Å²) in [4.78, 5) is 22.1. The number of carbonyl (C=O) groups is 2. The highest BCUT2D eigenvalue weighted by atomic mass is 32.1. The summed E-state index contributed by atoms with van der Waals surface area (Å²) in [5.41, 5.74) is 0. The highest BCUT2D eigenvalue weighted by Gasteiger charge is 2.14. The van der Waals surface area contributed by atoms with Crippen molar-refractivity contribution in [1.29, 1.82) is 0 Å². The van der Waals surface area contributed by atoms with Gasteiger partial charge in [-0.25, -0.2) is 9.59 Å². The second-order valence-corrected chi connectivity index (χ2v) is 5.72. The van der Waals surface area contributed by atoms with Gasteiger partial charge in [0.2, 0.25) is 0 Å². The zero-order chi connectivity index (χ0) is 15.2. The minimum absolute atomic E-state index is 0.168. The van der Waals surface area contributed by atoms with Crippen LogP contribution in [0.4, 0.5) is 0 Å². The van der Waals surface area contributed by atoms with Crippen LogP contribution in [0.3, 0.4) is 0 Å². The topological polar surface area (TPSA) is 93.1 Å². The fraction of sp³-hybridized carbons (Fsp3) is 0.231. The molecule has 2 aromatic heterocycles. The quantitative estimate of drug-likeness (QED) is 0.723. The fourth-order valence-corrected chi connectivity index (χ4v) is 2.90. The lowest BCUT2D eigenvalue weighted by Gasteiger charge is -2.07. The maximum atomic E-state index is 10.9. The molecule has 2 heterocycles. The van der Waals surface area contributed by atoms with Gasteiger partial charge < -0.3 is 19.7 Å². The largest absolute Gasteiger partial charge is 0.492 e. The summed E-state index contributed by atoms with van der Waals surface area (Å²) in [6, 6.07) is 3.22. The number of rotatable bonds is 8. The molecule has 0 saturated heterocycles. The van der Waals surface area contributed by atoms with Crippen molar-refractivity contribution >= 4 is 34.6 Å². The smallest absolute Gasteiger partial charge is 0.349 e. The molecule has 0 bridgehead atoms. The zero-order valence-electron chi connectivity index (χ0n) is 10.8. The number of carboxylic acid groups (broad SMARTS) is 2. The number of ether oxygens (including phenoxy) is 2. The predicted molar refractivity (Wildman–Crippen MR) is 78.2 cm³/mol. The monoisotopic (exact) mass is 328 g/mol. The number of carboxylic acids is 2. The lowest BCUT2D eigenvalue weighted by molar-refractivity contribution is 0.0687. The van der Waals surface area contributed by atoms with Crippen molar-refractivity contribution in [1.82, 2.24) is 0 Å². The van der Waals surface area contributed by atoms with Crippen molar-refractivity contribution < 1.29 is 29.3 Å². The molecule has 0 atom stereocenters. The van der Waals surface area contributed by atoms with Crippen molar-refractivity contribution in [3.63, 3.8) is 0 Å². The molecule has 0 amide bonds. The van der Waals surface area contributed by atoms with Crippen LogP contribution in [0.25, 0.3) is 0 Å². The van der Waals surface area contributed by atoms with Crippen LogP contribution in [0.1, 0.15) is 25.8 Å². The molecule has 0 unspecified atom stereocenters. The Morgan fingerprint density at radius 3 is 1.71 bits per heavy atom. The van der Waals surface area contributed by atoms with E-state index in [-0.39, 0.29) is 9.75 Å². The molecule has 2 aromatic rings. The van der Waals surface area contributed by atoms with Gasteiger partial charge in [0.15, 0.2) is 9.75 Å². The van der Waals surface area contributed by atoms with Crippen molar-refractivity contribution in [3.05, 3.63) is 32.6 Å². The Kier molecular flexibility index (Phi) is 5.18. The van der Waals surface area contributed by atoms with Crippen LogP contribution in [0, 0.1) is 0 Å². The maximum Gasteiger partial charge on any atom is 0.349 e. The molecule has 0 aromatic carbocycles. The first-order valence-electron chi connectivity index (χ1n) is 5.96. The van der Waals surface area contributed by atoms with Gasteiger partial charge in [0, 0.05) is 6.42 Å². The summed E-state index contributed by atoms with van der Waals surface area (Å²) < 4.78 is 10.7. The van der Waals surface area contributed by atoms with Gasteiger partial charge in [-0.3, -0.25) is 0 Å². The van der Waals surface area contributed by atoms with Gasteiger partial charge in [0.25, 0.3) is 0 Å². The Labute approximate surface area is 128 Å². The average Bonchev–Trinajstić information content (AvgIpc) is 3.06. The van der Waals surface area contributed by atoms with Gasteiger partial charge in [-0.2, -0.15) is 0 Å². The van der Waals surface area contributed by atoms with E-state index in [1.54, 1.807) is 22.9 Å². The van der Waals surface area contributed by atoms with Crippen LogP contribution < -0.4 is 9.47 Å². The van der Waals surface area contributed by atoms with Crippen molar-refractivity contribution in [2.24, 2.45) is 0 Å². The molecular formula is C13H12O6S2. The molecular weight excluding hydrogens is 316 g/mol. The second kappa shape index (κ2) is 7.09. The van der Waals surface area contributed by atoms with E-state index in [4.69, 9.17) is 19.7 Å². The van der Waals surface area contributed by atoms with E-state index in [9.17, 15) is 9.59 Å². The third-order valence-corrected chi connectivity index (χ3v) is 4.22. The second-order valence-electron chi connectivity index (χ2n) is 3.89. The Bertz CT molecular complexity index is 576. The van der Waals surface area contributed by atoms with E-state index >= 15 is 0 Å². The first kappa shape index (κ1) is 15.3. The highest BCUT2D eigenvalue weighted by Crippen LogP contribution is 2.26. The van der Waals surface area contributed by atoms with Gasteiger partial charge in [0.05, 0.1) is 13.2 Å². The highest BCUT2D eigenvalue weighted by molar-refractivity contribution is 7.12. The molecule has 0 aliphatic carbocycles. The van der Waals surface area contributed by atoms with Crippen LogP contribution in [0.5, 0.6) is 11.5 Å². The van der Waals surface area contributed by atoms with E-state index in [0.717, 1.165) is 22.7 Å². The van der Waals surface area contributed by atoms with Crippen molar-refractivity contribution in [2.75, 3.05) is 13.2 Å². The standard InChI is InChI=1S/C13H12O6S2/c14-12(15)10-8(2-6-20-10)18-4-1-5-19-9-3-7-21-11(9)13(16)17/h2-3,6-7H,1,4-5H2,(H,14,15)(H,16,17). The molecule has 0 radical (unpaired) electrons. The first-order valence-corrected chi connectivity index (χ1v) is 7.72. The Balaban J connectivity index is 1.75. The predicted octanol–water partition coefficient (Wildman–Crippen LogP) is 3.05. The van der Waals surface area contributed by atoms with E-state index < -0.39 is 11.9 Å². The number of aromatic carboxylic acids is 2. The van der Waals surface area contributed by atoms with E-state index in [1.165, 1.54) is 0 Å².